The molecule has 2 aliphatic heterocycles. The molecule has 0 spiro atoms. The fourth-order valence-electron chi connectivity index (χ4n) is 3.48. The van der Waals surface area contributed by atoms with E-state index in [2.05, 4.69) is 5.32 Å². The average Bonchev–Trinajstić information content (AvgIpc) is 2.72. The number of fused-ring (bicyclic) bond motifs is 2. The molecule has 0 aliphatic carbocycles. The van der Waals surface area contributed by atoms with Crippen LogP contribution in [0.5, 0.6) is 0 Å². The van der Waals surface area contributed by atoms with Crippen LogP contribution in [0.1, 0.15) is 52.9 Å². The van der Waals surface area contributed by atoms with Crippen molar-refractivity contribution in [2.75, 3.05) is 12.8 Å². The van der Waals surface area contributed by atoms with Crippen LogP contribution in [0.3, 0.4) is 0 Å². The monoisotopic (exact) mass is 316 g/mol. The van der Waals surface area contributed by atoms with E-state index in [0.29, 0.717) is 18.6 Å². The Morgan fingerprint density at radius 3 is 2.19 bits per heavy atom. The lowest BCUT2D eigenvalue weighted by molar-refractivity contribution is -0.136. The van der Waals surface area contributed by atoms with Crippen LogP contribution in [0.2, 0.25) is 0 Å². The van der Waals surface area contributed by atoms with Gasteiger partial charge in [-0.2, -0.15) is 0 Å². The Labute approximate surface area is 128 Å². The summed E-state index contributed by atoms with van der Waals surface area (Å²) in [5.74, 6) is -0.238. The highest BCUT2D eigenvalue weighted by atomic mass is 32.2. The summed E-state index contributed by atoms with van der Waals surface area (Å²) >= 11 is 0. The molecule has 6 heteroatoms. The summed E-state index contributed by atoms with van der Waals surface area (Å²) in [5.41, 5.74) is 0. The van der Waals surface area contributed by atoms with Crippen LogP contribution in [0.25, 0.3) is 0 Å². The second-order valence-electron chi connectivity index (χ2n) is 7.04. The number of nitrogens with zero attached hydrogens (tertiary/aromatic N) is 1. The number of hydrogen-bond acceptors (Lipinski definition) is 4. The number of piperidine rings is 1. The number of nitrogens with one attached hydrogen (secondary N) is 1. The van der Waals surface area contributed by atoms with Gasteiger partial charge in [0.25, 0.3) is 0 Å². The Morgan fingerprint density at radius 2 is 1.76 bits per heavy atom. The Kier molecular flexibility index (Phi) is 4.69. The number of sulfone groups is 1. The zero-order valence-electron chi connectivity index (χ0n) is 13.6. The van der Waals surface area contributed by atoms with Crippen molar-refractivity contribution in [1.29, 1.82) is 0 Å². The Morgan fingerprint density at radius 1 is 1.24 bits per heavy atom. The van der Waals surface area contributed by atoms with Crippen LogP contribution in [-0.2, 0) is 14.6 Å². The van der Waals surface area contributed by atoms with Gasteiger partial charge < -0.3 is 10.2 Å². The summed E-state index contributed by atoms with van der Waals surface area (Å²) in [6.45, 7) is 5.73. The van der Waals surface area contributed by atoms with E-state index in [-0.39, 0.29) is 11.9 Å². The molecule has 2 aliphatic rings. The summed E-state index contributed by atoms with van der Waals surface area (Å²) in [4.78, 5) is 14.7. The van der Waals surface area contributed by atoms with Crippen LogP contribution < -0.4 is 5.32 Å². The van der Waals surface area contributed by atoms with Gasteiger partial charge in [0.15, 0.2) is 9.84 Å². The van der Waals surface area contributed by atoms with Crippen LogP contribution in [0.4, 0.5) is 0 Å². The maximum atomic E-state index is 12.9. The highest BCUT2D eigenvalue weighted by Gasteiger charge is 2.45. The maximum absolute atomic E-state index is 12.9. The number of rotatable bonds is 5. The molecular weight excluding hydrogens is 288 g/mol. The van der Waals surface area contributed by atoms with Crippen LogP contribution in [0.15, 0.2) is 0 Å². The molecule has 2 rings (SSSR count). The van der Waals surface area contributed by atoms with Gasteiger partial charge in [-0.05, 0) is 46.0 Å². The van der Waals surface area contributed by atoms with Gasteiger partial charge in [0, 0.05) is 30.9 Å². The van der Waals surface area contributed by atoms with Crippen molar-refractivity contribution in [1.82, 2.24) is 10.2 Å². The molecule has 5 nitrogen and oxygen atoms in total. The molecule has 0 saturated carbocycles. The van der Waals surface area contributed by atoms with Crippen molar-refractivity contribution >= 4 is 15.7 Å². The Bertz CT molecular complexity index is 489. The number of hydrogen-bond donors (Lipinski definition) is 1. The van der Waals surface area contributed by atoms with Gasteiger partial charge in [0.1, 0.15) is 4.75 Å². The summed E-state index contributed by atoms with van der Waals surface area (Å²) < 4.78 is 22.6. The molecule has 122 valence electrons. The third kappa shape index (κ3) is 3.26. The smallest absolute Gasteiger partial charge is 0.243 e. The van der Waals surface area contributed by atoms with E-state index in [9.17, 15) is 13.2 Å². The third-order valence-corrected chi connectivity index (χ3v) is 7.08. The molecule has 2 heterocycles. The van der Waals surface area contributed by atoms with Gasteiger partial charge in [-0.1, -0.05) is 6.92 Å². The molecule has 1 N–H and O–H groups in total. The molecule has 2 atom stereocenters. The van der Waals surface area contributed by atoms with Gasteiger partial charge in [0.05, 0.1) is 0 Å². The topological polar surface area (TPSA) is 66.5 Å². The minimum atomic E-state index is -3.42. The van der Waals surface area contributed by atoms with E-state index < -0.39 is 14.6 Å². The Balaban J connectivity index is 2.21. The van der Waals surface area contributed by atoms with Crippen molar-refractivity contribution in [2.24, 2.45) is 0 Å². The van der Waals surface area contributed by atoms with Crippen molar-refractivity contribution in [3.8, 4) is 0 Å². The first-order valence-corrected chi connectivity index (χ1v) is 9.82. The van der Waals surface area contributed by atoms with E-state index >= 15 is 0 Å². The summed E-state index contributed by atoms with van der Waals surface area (Å²) in [6.07, 6.45) is 6.24. The highest BCUT2D eigenvalue weighted by molar-refractivity contribution is 7.92. The largest absolute Gasteiger partial charge is 0.338 e. The predicted octanol–water partition coefficient (Wildman–Crippen LogP) is 1.33. The molecule has 0 aromatic carbocycles. The second kappa shape index (κ2) is 5.88. The molecule has 2 unspecified atom stereocenters. The molecule has 2 saturated heterocycles. The number of amides is 1. The minimum absolute atomic E-state index is 0.178. The van der Waals surface area contributed by atoms with Crippen molar-refractivity contribution in [3.63, 3.8) is 0 Å². The van der Waals surface area contributed by atoms with Gasteiger partial charge in [-0.25, -0.2) is 8.42 Å². The zero-order chi connectivity index (χ0) is 15.8. The molecule has 2 bridgehead atoms. The van der Waals surface area contributed by atoms with Crippen molar-refractivity contribution in [3.05, 3.63) is 0 Å². The van der Waals surface area contributed by atoms with Crippen molar-refractivity contribution in [2.45, 2.75) is 75.7 Å². The van der Waals surface area contributed by atoms with E-state index in [1.165, 1.54) is 26.7 Å². The zero-order valence-corrected chi connectivity index (χ0v) is 14.4. The fraction of sp³-hybridized carbons (Fsp3) is 0.933. The Hall–Kier alpha value is -0.620. The first-order valence-electron chi connectivity index (χ1n) is 7.93. The molecular formula is C15H28N2O3S. The molecule has 21 heavy (non-hydrogen) atoms. The standard InChI is InChI=1S/C15H28N2O3S/c1-5-8-17(14(18)15(2,3)21(4,19)20)13-9-11-6-7-12(10-13)16-11/h11-13,16H,5-10H2,1-4H3. The first kappa shape index (κ1) is 16.7. The van der Waals surface area contributed by atoms with Gasteiger partial charge in [0.2, 0.25) is 5.91 Å². The molecule has 0 radical (unpaired) electrons. The normalized spacial score (nSPS) is 29.4. The molecule has 0 aromatic rings. The lowest BCUT2D eigenvalue weighted by Crippen LogP contribution is -2.56. The molecule has 2 fully saturated rings. The summed E-state index contributed by atoms with van der Waals surface area (Å²) in [7, 11) is -3.42. The van der Waals surface area contributed by atoms with Gasteiger partial charge >= 0.3 is 0 Å². The minimum Gasteiger partial charge on any atom is -0.338 e. The van der Waals surface area contributed by atoms with E-state index in [4.69, 9.17) is 0 Å². The molecule has 1 amide bonds. The van der Waals surface area contributed by atoms with Crippen LogP contribution >= 0.6 is 0 Å². The molecule has 0 aromatic heterocycles. The number of carbonyl (C=O) groups is 1. The van der Waals surface area contributed by atoms with Crippen LogP contribution in [0, 0.1) is 0 Å². The summed E-state index contributed by atoms with van der Waals surface area (Å²) in [5, 5.41) is 3.57. The van der Waals surface area contributed by atoms with Crippen molar-refractivity contribution < 1.29 is 13.2 Å². The summed E-state index contributed by atoms with van der Waals surface area (Å²) in [6, 6.07) is 1.15. The fourth-order valence-corrected chi connectivity index (χ4v) is 3.91. The first-order chi connectivity index (χ1) is 9.66. The van der Waals surface area contributed by atoms with E-state index in [0.717, 1.165) is 25.5 Å². The average molecular weight is 316 g/mol. The highest BCUT2D eigenvalue weighted by Crippen LogP contribution is 2.32. The predicted molar refractivity (Wildman–Crippen MR) is 83.9 cm³/mol. The lowest BCUT2D eigenvalue weighted by Gasteiger charge is -2.40. The van der Waals surface area contributed by atoms with E-state index in [1.54, 1.807) is 0 Å². The van der Waals surface area contributed by atoms with Gasteiger partial charge in [-0.15, -0.1) is 0 Å². The van der Waals surface area contributed by atoms with Crippen LogP contribution in [-0.4, -0.2) is 54.9 Å². The SMILES string of the molecule is CCCN(C(=O)C(C)(C)S(C)(=O)=O)C1CC2CCC(C1)N2. The van der Waals surface area contributed by atoms with E-state index in [1.807, 2.05) is 11.8 Å². The van der Waals surface area contributed by atoms with Gasteiger partial charge in [-0.3, -0.25) is 4.79 Å². The lowest BCUT2D eigenvalue weighted by atomic mass is 9.96. The quantitative estimate of drug-likeness (QED) is 0.831. The third-order valence-electron chi connectivity index (χ3n) is 5.06. The number of carbonyl (C=O) groups excluding carboxylic acids is 1. The second-order valence-corrected chi connectivity index (χ2v) is 9.61. The maximum Gasteiger partial charge on any atom is 0.243 e.